The van der Waals surface area contributed by atoms with Gasteiger partial charge in [0.1, 0.15) is 5.15 Å². The summed E-state index contributed by atoms with van der Waals surface area (Å²) in [5, 5.41) is 0.479. The van der Waals surface area contributed by atoms with Gasteiger partial charge in [-0.15, -0.1) is 0 Å². The molecule has 1 aromatic rings. The van der Waals surface area contributed by atoms with Crippen molar-refractivity contribution in [2.75, 3.05) is 6.61 Å². The number of halogens is 1. The van der Waals surface area contributed by atoms with Crippen LogP contribution in [-0.4, -0.2) is 17.6 Å². The van der Waals surface area contributed by atoms with Crippen LogP contribution in [0, 0.1) is 5.92 Å². The van der Waals surface area contributed by atoms with Crippen LogP contribution in [0.15, 0.2) is 18.3 Å². The number of nitrogens with zero attached hydrogens (tertiary/aromatic N) is 1. The van der Waals surface area contributed by atoms with Gasteiger partial charge in [0, 0.05) is 6.20 Å². The second kappa shape index (κ2) is 4.19. The van der Waals surface area contributed by atoms with Crippen molar-refractivity contribution < 1.29 is 9.53 Å². The van der Waals surface area contributed by atoms with Gasteiger partial charge in [0.15, 0.2) is 0 Å². The molecule has 0 bridgehead atoms. The van der Waals surface area contributed by atoms with E-state index in [4.69, 9.17) is 16.3 Å². The van der Waals surface area contributed by atoms with Crippen LogP contribution in [0.25, 0.3) is 0 Å². The number of carbonyl (C=O) groups is 1. The summed E-state index contributed by atoms with van der Waals surface area (Å²) >= 11 is 5.68. The van der Waals surface area contributed by atoms with Gasteiger partial charge in [-0.05, 0) is 30.9 Å². The molecule has 0 saturated heterocycles. The van der Waals surface area contributed by atoms with Gasteiger partial charge in [0.05, 0.1) is 12.5 Å². The maximum atomic E-state index is 11.4. The Balaban J connectivity index is 1.98. The number of pyridine rings is 1. The lowest BCUT2D eigenvalue weighted by molar-refractivity contribution is -0.144. The molecule has 3 nitrogen and oxygen atoms in total. The Kier molecular flexibility index (Phi) is 2.91. The summed E-state index contributed by atoms with van der Waals surface area (Å²) in [6, 6.07) is 3.66. The zero-order chi connectivity index (χ0) is 10.8. The molecule has 0 aliphatic heterocycles. The summed E-state index contributed by atoms with van der Waals surface area (Å²) in [5.41, 5.74) is 1.07. The first-order valence-corrected chi connectivity index (χ1v) is 5.38. The van der Waals surface area contributed by atoms with Gasteiger partial charge in [0.2, 0.25) is 0 Å². The maximum Gasteiger partial charge on any atom is 0.309 e. The highest BCUT2D eigenvalue weighted by atomic mass is 35.5. The van der Waals surface area contributed by atoms with Crippen molar-refractivity contribution in [3.8, 4) is 0 Å². The Morgan fingerprint density at radius 2 is 2.47 bits per heavy atom. The largest absolute Gasteiger partial charge is 0.466 e. The molecule has 1 saturated carbocycles. The third-order valence-corrected chi connectivity index (χ3v) is 2.78. The molecule has 0 N–H and O–H groups in total. The lowest BCUT2D eigenvalue weighted by Gasteiger charge is -2.00. The molecule has 0 radical (unpaired) electrons. The molecule has 2 rings (SSSR count). The van der Waals surface area contributed by atoms with Crippen LogP contribution in [0.3, 0.4) is 0 Å². The van der Waals surface area contributed by atoms with Gasteiger partial charge < -0.3 is 4.74 Å². The van der Waals surface area contributed by atoms with E-state index >= 15 is 0 Å². The zero-order valence-electron chi connectivity index (χ0n) is 8.44. The summed E-state index contributed by atoms with van der Waals surface area (Å²) in [6.45, 7) is 2.26. The molecule has 0 aromatic carbocycles. The van der Waals surface area contributed by atoms with Crippen molar-refractivity contribution in [2.24, 2.45) is 5.92 Å². The average Bonchev–Trinajstić information content (AvgIpc) is 2.99. The molecule has 0 spiro atoms. The maximum absolute atomic E-state index is 11.4. The SMILES string of the molecule is CCOC(=O)[C@H]1CC1c1ccc(Cl)nc1. The second-order valence-electron chi connectivity index (χ2n) is 3.61. The minimum Gasteiger partial charge on any atom is -0.466 e. The quantitative estimate of drug-likeness (QED) is 0.586. The van der Waals surface area contributed by atoms with Crippen molar-refractivity contribution in [2.45, 2.75) is 19.3 Å². The van der Waals surface area contributed by atoms with E-state index < -0.39 is 0 Å². The number of carbonyl (C=O) groups excluding carboxylic acids is 1. The van der Waals surface area contributed by atoms with Gasteiger partial charge in [0.25, 0.3) is 0 Å². The fourth-order valence-electron chi connectivity index (χ4n) is 1.68. The normalized spacial score (nSPS) is 23.6. The summed E-state index contributed by atoms with van der Waals surface area (Å²) in [7, 11) is 0. The number of rotatable bonds is 3. The first-order valence-electron chi connectivity index (χ1n) is 5.00. The molecule has 1 unspecified atom stereocenters. The average molecular weight is 226 g/mol. The van der Waals surface area contributed by atoms with Crippen LogP contribution in [0.5, 0.6) is 0 Å². The van der Waals surface area contributed by atoms with Crippen molar-refractivity contribution in [1.29, 1.82) is 0 Å². The molecule has 2 atom stereocenters. The molecule has 1 heterocycles. The van der Waals surface area contributed by atoms with Crippen LogP contribution < -0.4 is 0 Å². The van der Waals surface area contributed by atoms with Gasteiger partial charge in [-0.1, -0.05) is 17.7 Å². The molecule has 80 valence electrons. The first-order chi connectivity index (χ1) is 7.22. The first kappa shape index (κ1) is 10.4. The van der Waals surface area contributed by atoms with E-state index in [1.807, 2.05) is 13.0 Å². The van der Waals surface area contributed by atoms with Crippen molar-refractivity contribution in [3.63, 3.8) is 0 Å². The minimum absolute atomic E-state index is 0.0212. The fraction of sp³-hybridized carbons (Fsp3) is 0.455. The number of aromatic nitrogens is 1. The van der Waals surface area contributed by atoms with Crippen molar-refractivity contribution >= 4 is 17.6 Å². The summed E-state index contributed by atoms with van der Waals surface area (Å²) < 4.78 is 4.96. The van der Waals surface area contributed by atoms with Crippen LogP contribution in [-0.2, 0) is 9.53 Å². The zero-order valence-corrected chi connectivity index (χ0v) is 9.20. The van der Waals surface area contributed by atoms with Crippen LogP contribution in [0.2, 0.25) is 5.15 Å². The van der Waals surface area contributed by atoms with Crippen molar-refractivity contribution in [1.82, 2.24) is 4.98 Å². The predicted molar refractivity (Wildman–Crippen MR) is 56.7 cm³/mol. The number of hydrogen-bond acceptors (Lipinski definition) is 3. The predicted octanol–water partition coefficient (Wildman–Crippen LogP) is 2.40. The van der Waals surface area contributed by atoms with Crippen LogP contribution >= 0.6 is 11.6 Å². The molecule has 1 aromatic heterocycles. The smallest absolute Gasteiger partial charge is 0.309 e. The standard InChI is InChI=1S/C11H12ClNO2/c1-2-15-11(14)9-5-8(9)7-3-4-10(12)13-6-7/h3-4,6,8-9H,2,5H2,1H3/t8?,9-/m0/s1. The molecule has 15 heavy (non-hydrogen) atoms. The topological polar surface area (TPSA) is 39.2 Å². The van der Waals surface area contributed by atoms with Crippen LogP contribution in [0.1, 0.15) is 24.8 Å². The Morgan fingerprint density at radius 1 is 1.67 bits per heavy atom. The number of ether oxygens (including phenoxy) is 1. The van der Waals surface area contributed by atoms with E-state index in [9.17, 15) is 4.79 Å². The molecule has 1 aliphatic rings. The van der Waals surface area contributed by atoms with Crippen LogP contribution in [0.4, 0.5) is 0 Å². The van der Waals surface area contributed by atoms with Gasteiger partial charge in [-0.3, -0.25) is 4.79 Å². The van der Waals surface area contributed by atoms with E-state index in [-0.39, 0.29) is 17.8 Å². The Hall–Kier alpha value is -1.09. The highest BCUT2D eigenvalue weighted by Crippen LogP contribution is 2.47. The lowest BCUT2D eigenvalue weighted by Crippen LogP contribution is -2.07. The van der Waals surface area contributed by atoms with E-state index in [1.165, 1.54) is 0 Å². The molecule has 4 heteroatoms. The van der Waals surface area contributed by atoms with E-state index in [0.29, 0.717) is 11.8 Å². The second-order valence-corrected chi connectivity index (χ2v) is 4.00. The van der Waals surface area contributed by atoms with E-state index in [2.05, 4.69) is 4.98 Å². The monoisotopic (exact) mass is 225 g/mol. The Bertz CT molecular complexity index is 363. The minimum atomic E-state index is -0.0996. The summed E-state index contributed by atoms with van der Waals surface area (Å²) in [6.07, 6.45) is 2.59. The third-order valence-electron chi connectivity index (χ3n) is 2.56. The Morgan fingerprint density at radius 3 is 3.07 bits per heavy atom. The van der Waals surface area contributed by atoms with Gasteiger partial charge in [-0.25, -0.2) is 4.98 Å². The van der Waals surface area contributed by atoms with E-state index in [0.717, 1.165) is 12.0 Å². The highest BCUT2D eigenvalue weighted by molar-refractivity contribution is 6.29. The molecular weight excluding hydrogens is 214 g/mol. The fourth-order valence-corrected chi connectivity index (χ4v) is 1.79. The summed E-state index contributed by atoms with van der Waals surface area (Å²) in [4.78, 5) is 15.4. The third kappa shape index (κ3) is 2.29. The number of hydrogen-bond donors (Lipinski definition) is 0. The van der Waals surface area contributed by atoms with Gasteiger partial charge in [-0.2, -0.15) is 0 Å². The molecular formula is C11H12ClNO2. The van der Waals surface area contributed by atoms with Gasteiger partial charge >= 0.3 is 5.97 Å². The summed E-state index contributed by atoms with van der Waals surface area (Å²) in [5.74, 6) is 0.194. The number of esters is 1. The lowest BCUT2D eigenvalue weighted by atomic mass is 10.1. The highest BCUT2D eigenvalue weighted by Gasteiger charge is 2.45. The van der Waals surface area contributed by atoms with Crippen molar-refractivity contribution in [3.05, 3.63) is 29.0 Å². The Labute approximate surface area is 93.4 Å². The molecule has 0 amide bonds. The molecule has 1 aliphatic carbocycles. The van der Waals surface area contributed by atoms with E-state index in [1.54, 1.807) is 12.3 Å². The molecule has 1 fully saturated rings.